The van der Waals surface area contributed by atoms with Crippen LogP contribution in [0, 0.1) is 23.5 Å². The van der Waals surface area contributed by atoms with Crippen LogP contribution < -0.4 is 4.74 Å². The van der Waals surface area contributed by atoms with Crippen molar-refractivity contribution in [1.82, 2.24) is 9.88 Å². The Labute approximate surface area is 102 Å². The molecule has 1 rings (SSSR count). The van der Waals surface area contributed by atoms with Crippen molar-refractivity contribution in [3.63, 3.8) is 0 Å². The van der Waals surface area contributed by atoms with E-state index in [2.05, 4.69) is 4.98 Å². The first kappa shape index (κ1) is 14.7. The lowest BCUT2D eigenvalue weighted by Gasteiger charge is -2.18. The summed E-state index contributed by atoms with van der Waals surface area (Å²) in [6.45, 7) is 5.64. The first-order valence-electron chi connectivity index (χ1n) is 5.56. The molecule has 0 saturated carbocycles. The van der Waals surface area contributed by atoms with Gasteiger partial charge in [0.2, 0.25) is 11.6 Å². The average Bonchev–Trinajstić information content (AvgIpc) is 2.36. The summed E-state index contributed by atoms with van der Waals surface area (Å²) in [7, 11) is 0. The Morgan fingerprint density at radius 1 is 1.00 bits per heavy atom. The second kappa shape index (κ2) is 6.53. The Hall–Kier alpha value is -1.37. The summed E-state index contributed by atoms with van der Waals surface area (Å²) in [5, 5.41) is 0. The van der Waals surface area contributed by atoms with Crippen LogP contribution >= 0.6 is 0 Å². The first-order valence-corrected chi connectivity index (χ1v) is 5.56. The minimum Gasteiger partial charge on any atom is -0.486 e. The first-order chi connectivity index (χ1) is 8.51. The lowest BCUT2D eigenvalue weighted by atomic mass is 10.4. The predicted molar refractivity (Wildman–Crippen MR) is 57.4 cm³/mol. The molecule has 0 amide bonds. The van der Waals surface area contributed by atoms with Gasteiger partial charge in [0.15, 0.2) is 5.75 Å². The number of hydrogen-bond acceptors (Lipinski definition) is 3. The summed E-state index contributed by atoms with van der Waals surface area (Å²) in [5.41, 5.74) is 0. The van der Waals surface area contributed by atoms with Gasteiger partial charge < -0.3 is 9.64 Å². The Morgan fingerprint density at radius 2 is 1.50 bits per heavy atom. The highest BCUT2D eigenvalue weighted by atomic mass is 19.2. The van der Waals surface area contributed by atoms with Gasteiger partial charge in [-0.15, -0.1) is 0 Å². The Balaban J connectivity index is 2.73. The van der Waals surface area contributed by atoms with Gasteiger partial charge in [-0.3, -0.25) is 0 Å². The van der Waals surface area contributed by atoms with E-state index in [4.69, 9.17) is 4.74 Å². The quantitative estimate of drug-likeness (QED) is 0.584. The number of ether oxygens (including phenoxy) is 1. The zero-order valence-electron chi connectivity index (χ0n) is 10.1. The maximum absolute atomic E-state index is 13.1. The van der Waals surface area contributed by atoms with E-state index in [9.17, 15) is 17.6 Å². The zero-order valence-corrected chi connectivity index (χ0v) is 10.1. The maximum Gasteiger partial charge on any atom is 0.255 e. The molecule has 0 aliphatic rings. The average molecular weight is 266 g/mol. The van der Waals surface area contributed by atoms with Gasteiger partial charge in [0.05, 0.1) is 0 Å². The Kier molecular flexibility index (Phi) is 5.33. The molecule has 7 heteroatoms. The molecule has 0 spiro atoms. The number of hydrogen-bond donors (Lipinski definition) is 0. The number of likely N-dealkylation sites (N-methyl/N-ethyl adjacent to an activating group) is 1. The summed E-state index contributed by atoms with van der Waals surface area (Å²) in [6.07, 6.45) is 0. The van der Waals surface area contributed by atoms with Gasteiger partial charge >= 0.3 is 0 Å². The van der Waals surface area contributed by atoms with Crippen molar-refractivity contribution < 1.29 is 22.3 Å². The van der Waals surface area contributed by atoms with Crippen LogP contribution in [0.5, 0.6) is 5.75 Å². The van der Waals surface area contributed by atoms with Crippen LogP contribution in [0.1, 0.15) is 13.8 Å². The molecular formula is C11H14F4N2O. The number of pyridine rings is 1. The standard InChI is InChI=1S/C11H14F4N2O/c1-3-17(4-2)5-6-18-9-7(12)10(14)16-11(15)8(9)13/h3-6H2,1-2H3. The topological polar surface area (TPSA) is 25.4 Å². The number of aromatic nitrogens is 1. The number of halogens is 4. The van der Waals surface area contributed by atoms with Crippen LogP contribution in [0.25, 0.3) is 0 Å². The van der Waals surface area contributed by atoms with Crippen molar-refractivity contribution >= 4 is 0 Å². The van der Waals surface area contributed by atoms with Gasteiger partial charge in [-0.25, -0.2) is 0 Å². The van der Waals surface area contributed by atoms with E-state index in [1.807, 2.05) is 18.7 Å². The third kappa shape index (κ3) is 3.32. The molecule has 0 aromatic carbocycles. The van der Waals surface area contributed by atoms with Gasteiger partial charge in [-0.2, -0.15) is 22.5 Å². The van der Waals surface area contributed by atoms with Gasteiger partial charge in [0.1, 0.15) is 6.61 Å². The summed E-state index contributed by atoms with van der Waals surface area (Å²) in [5.74, 6) is -7.73. The van der Waals surface area contributed by atoms with Crippen LogP contribution in [0.3, 0.4) is 0 Å². The van der Waals surface area contributed by atoms with E-state index in [-0.39, 0.29) is 6.61 Å². The molecule has 0 N–H and O–H groups in total. The van der Waals surface area contributed by atoms with Crippen molar-refractivity contribution in [2.24, 2.45) is 0 Å². The maximum atomic E-state index is 13.1. The zero-order chi connectivity index (χ0) is 13.7. The van der Waals surface area contributed by atoms with Crippen molar-refractivity contribution in [1.29, 1.82) is 0 Å². The lowest BCUT2D eigenvalue weighted by Crippen LogP contribution is -2.28. The van der Waals surface area contributed by atoms with Gasteiger partial charge in [0.25, 0.3) is 11.9 Å². The molecule has 0 fully saturated rings. The predicted octanol–water partition coefficient (Wildman–Crippen LogP) is 2.36. The van der Waals surface area contributed by atoms with E-state index in [0.29, 0.717) is 6.54 Å². The van der Waals surface area contributed by atoms with Crippen molar-refractivity contribution in [2.75, 3.05) is 26.2 Å². The van der Waals surface area contributed by atoms with Crippen LogP contribution in [-0.2, 0) is 0 Å². The second-order valence-electron chi connectivity index (χ2n) is 3.53. The molecule has 1 aromatic rings. The Bertz CT molecular complexity index is 384. The third-order valence-electron chi connectivity index (χ3n) is 2.51. The molecule has 0 atom stereocenters. The van der Waals surface area contributed by atoms with Crippen molar-refractivity contribution in [3.05, 3.63) is 23.5 Å². The molecule has 0 radical (unpaired) electrons. The summed E-state index contributed by atoms with van der Waals surface area (Å²) < 4.78 is 56.6. The van der Waals surface area contributed by atoms with Crippen molar-refractivity contribution in [3.8, 4) is 5.75 Å². The fourth-order valence-electron chi connectivity index (χ4n) is 1.41. The molecule has 0 bridgehead atoms. The highest BCUT2D eigenvalue weighted by molar-refractivity contribution is 5.24. The van der Waals surface area contributed by atoms with Crippen molar-refractivity contribution in [2.45, 2.75) is 13.8 Å². The molecule has 0 saturated heterocycles. The summed E-state index contributed by atoms with van der Waals surface area (Å²) in [4.78, 5) is 4.37. The minimum atomic E-state index is -1.72. The van der Waals surface area contributed by atoms with Crippen LogP contribution in [0.4, 0.5) is 17.6 Å². The van der Waals surface area contributed by atoms with E-state index in [1.54, 1.807) is 0 Å². The van der Waals surface area contributed by atoms with Gasteiger partial charge in [-0.05, 0) is 13.1 Å². The molecular weight excluding hydrogens is 252 g/mol. The second-order valence-corrected chi connectivity index (χ2v) is 3.53. The Morgan fingerprint density at radius 3 is 1.94 bits per heavy atom. The van der Waals surface area contributed by atoms with Crippen LogP contribution in [0.15, 0.2) is 0 Å². The fourth-order valence-corrected chi connectivity index (χ4v) is 1.41. The van der Waals surface area contributed by atoms with E-state index >= 15 is 0 Å². The minimum absolute atomic E-state index is 0.0710. The largest absolute Gasteiger partial charge is 0.486 e. The number of nitrogens with zero attached hydrogens (tertiary/aromatic N) is 2. The van der Waals surface area contributed by atoms with Crippen LogP contribution in [0.2, 0.25) is 0 Å². The lowest BCUT2D eigenvalue weighted by molar-refractivity contribution is 0.205. The van der Waals surface area contributed by atoms with E-state index in [0.717, 1.165) is 13.1 Å². The molecule has 0 aliphatic heterocycles. The highest BCUT2D eigenvalue weighted by Gasteiger charge is 2.22. The summed E-state index contributed by atoms with van der Waals surface area (Å²) >= 11 is 0. The highest BCUT2D eigenvalue weighted by Crippen LogP contribution is 2.24. The fraction of sp³-hybridized carbons (Fsp3) is 0.545. The monoisotopic (exact) mass is 266 g/mol. The molecule has 102 valence electrons. The molecule has 3 nitrogen and oxygen atoms in total. The molecule has 1 heterocycles. The SMILES string of the molecule is CCN(CC)CCOc1c(F)c(F)nc(F)c1F. The van der Waals surface area contributed by atoms with Gasteiger partial charge in [0, 0.05) is 6.54 Å². The van der Waals surface area contributed by atoms with Gasteiger partial charge in [-0.1, -0.05) is 13.8 Å². The van der Waals surface area contributed by atoms with E-state index < -0.39 is 29.3 Å². The molecule has 0 unspecified atom stereocenters. The molecule has 18 heavy (non-hydrogen) atoms. The van der Waals surface area contributed by atoms with E-state index in [1.165, 1.54) is 0 Å². The summed E-state index contributed by atoms with van der Waals surface area (Å²) in [6, 6.07) is 0. The number of rotatable bonds is 6. The molecule has 1 aromatic heterocycles. The molecule has 0 aliphatic carbocycles. The van der Waals surface area contributed by atoms with Crippen LogP contribution in [-0.4, -0.2) is 36.1 Å². The third-order valence-corrected chi connectivity index (χ3v) is 2.51. The normalized spacial score (nSPS) is 11.1. The smallest absolute Gasteiger partial charge is 0.255 e.